The van der Waals surface area contributed by atoms with E-state index in [1.807, 2.05) is 24.6 Å². The summed E-state index contributed by atoms with van der Waals surface area (Å²) in [5.41, 5.74) is 0. The van der Waals surface area contributed by atoms with Gasteiger partial charge in [0.1, 0.15) is 6.61 Å². The molecule has 0 aliphatic heterocycles. The van der Waals surface area contributed by atoms with Gasteiger partial charge in [-0.1, -0.05) is 19.4 Å². The van der Waals surface area contributed by atoms with Crippen LogP contribution in [-0.4, -0.2) is 60.1 Å². The normalized spacial score (nSPS) is 12.4. The van der Waals surface area contributed by atoms with Crippen LogP contribution in [0.3, 0.4) is 0 Å². The molecule has 22 heavy (non-hydrogen) atoms. The molecule has 1 atom stereocenters. The summed E-state index contributed by atoms with van der Waals surface area (Å²) in [5, 5.41) is 9.53. The predicted molar refractivity (Wildman–Crippen MR) is 83.4 cm³/mol. The van der Waals surface area contributed by atoms with Crippen LogP contribution in [0.2, 0.25) is 5.09 Å². The fraction of sp³-hybridized carbons (Fsp3) is 0.692. The minimum absolute atomic E-state index is 0.0493. The van der Waals surface area contributed by atoms with Crippen molar-refractivity contribution in [3.63, 3.8) is 0 Å². The first-order valence-corrected chi connectivity index (χ1v) is 8.76. The Morgan fingerprint density at radius 3 is 2.27 bits per heavy atom. The molecule has 2 N–H and O–H groups in total. The van der Waals surface area contributed by atoms with E-state index in [9.17, 15) is 18.0 Å². The van der Waals surface area contributed by atoms with Crippen LogP contribution in [0.4, 0.5) is 0 Å². The average molecular weight is 330 g/mol. The fourth-order valence-electron chi connectivity index (χ4n) is 1.32. The molecule has 1 unspecified atom stereocenters. The molecule has 0 aromatic heterocycles. The van der Waals surface area contributed by atoms with Crippen molar-refractivity contribution in [1.82, 2.24) is 0 Å². The van der Waals surface area contributed by atoms with Gasteiger partial charge in [-0.15, -0.1) is 0 Å². The molecular weight excluding hydrogens is 307 g/mol. The maximum atomic E-state index is 10.9. The second kappa shape index (κ2) is 13.8. The van der Waals surface area contributed by atoms with E-state index in [-0.39, 0.29) is 12.4 Å². The number of esters is 1. The summed E-state index contributed by atoms with van der Waals surface area (Å²) in [7, 11) is -3.69. The number of aliphatic carboxylic acids is 1. The SMILES string of the molecule is CC=CC(=O)OCC(CCC)C(=O)O.[Li][CH2]CCS(=O)(=O)O. The second-order valence-corrected chi connectivity index (χ2v) is 6.17. The Hall–Kier alpha value is -0.813. The predicted octanol–water partition coefficient (Wildman–Crippen LogP) is 1.46. The summed E-state index contributed by atoms with van der Waals surface area (Å²) in [6.07, 6.45) is 4.65. The van der Waals surface area contributed by atoms with Gasteiger partial charge in [0.2, 0.25) is 0 Å². The summed E-state index contributed by atoms with van der Waals surface area (Å²) in [4.78, 5) is 21.5. The van der Waals surface area contributed by atoms with Crippen molar-refractivity contribution in [3.05, 3.63) is 12.2 Å². The number of hydrogen-bond donors (Lipinski definition) is 2. The molecule has 0 spiro atoms. The molecule has 0 aliphatic carbocycles. The molecule has 0 radical (unpaired) electrons. The molecule has 0 bridgehead atoms. The number of hydrogen-bond acceptors (Lipinski definition) is 5. The molecule has 0 fully saturated rings. The van der Waals surface area contributed by atoms with Crippen LogP contribution in [-0.2, 0) is 24.4 Å². The molecule has 9 heteroatoms. The second-order valence-electron chi connectivity index (χ2n) is 4.59. The Morgan fingerprint density at radius 2 is 1.95 bits per heavy atom. The molecule has 0 aromatic rings. The quantitative estimate of drug-likeness (QED) is 0.284. The van der Waals surface area contributed by atoms with Crippen molar-refractivity contribution >= 4 is 39.8 Å². The third kappa shape index (κ3) is 17.2. The fourth-order valence-corrected chi connectivity index (χ4v) is 1.97. The number of carbonyl (C=O) groups excluding carboxylic acids is 1. The van der Waals surface area contributed by atoms with Gasteiger partial charge in [0.25, 0.3) is 0 Å². The van der Waals surface area contributed by atoms with Gasteiger partial charge in [0, 0.05) is 6.08 Å². The van der Waals surface area contributed by atoms with Gasteiger partial charge in [0.15, 0.2) is 0 Å². The molecular formula is C13H23LiO7S. The first-order chi connectivity index (χ1) is 10.2. The molecule has 0 heterocycles. The first kappa shape index (κ1) is 23.5. The van der Waals surface area contributed by atoms with E-state index in [1.54, 1.807) is 13.0 Å². The Morgan fingerprint density at radius 1 is 1.36 bits per heavy atom. The number of carboxylic acid groups (broad SMARTS) is 1. The van der Waals surface area contributed by atoms with Gasteiger partial charge in [-0.25, -0.2) is 4.79 Å². The maximum absolute atomic E-state index is 10.9. The molecule has 7 nitrogen and oxygen atoms in total. The van der Waals surface area contributed by atoms with Crippen molar-refractivity contribution in [2.75, 3.05) is 12.4 Å². The summed E-state index contributed by atoms with van der Waals surface area (Å²) >= 11 is 1.87. The third-order valence-corrected chi connectivity index (χ3v) is 3.28. The van der Waals surface area contributed by atoms with Crippen molar-refractivity contribution in [2.45, 2.75) is 38.2 Å². The summed E-state index contributed by atoms with van der Waals surface area (Å²) in [6.45, 7) is 3.54. The number of allylic oxidation sites excluding steroid dienone is 1. The summed E-state index contributed by atoms with van der Waals surface area (Å²) in [6, 6.07) is 0. The van der Waals surface area contributed by atoms with E-state index in [0.717, 1.165) is 11.5 Å². The molecule has 0 amide bonds. The summed E-state index contributed by atoms with van der Waals surface area (Å²) < 4.78 is 32.8. The molecule has 0 saturated carbocycles. The summed E-state index contributed by atoms with van der Waals surface area (Å²) in [5.74, 6) is -2.10. The zero-order chi connectivity index (χ0) is 17.6. The zero-order valence-electron chi connectivity index (χ0n) is 13.3. The standard InChI is InChI=1S/C10H16O4.C3H7O3S.Li/c1-3-5-8(10(12)13)7-14-9(11)6-4-2;1-2-3-7(4,5)6;/h4,6,8H,3,5,7H2,1-2H3,(H,12,13);1-3H2,(H,4,5,6);. The van der Waals surface area contributed by atoms with Crippen molar-refractivity contribution in [3.8, 4) is 0 Å². The van der Waals surface area contributed by atoms with Gasteiger partial charge in [-0.2, -0.15) is 0 Å². The first-order valence-electron chi connectivity index (χ1n) is 7.15. The van der Waals surface area contributed by atoms with E-state index in [4.69, 9.17) is 14.4 Å². The topological polar surface area (TPSA) is 118 Å². The average Bonchev–Trinajstić information content (AvgIpc) is 2.41. The Bertz CT molecular complexity index is 445. The van der Waals surface area contributed by atoms with Gasteiger partial charge in [-0.05, 0) is 13.3 Å². The Balaban J connectivity index is 0. The monoisotopic (exact) mass is 330 g/mol. The zero-order valence-corrected chi connectivity index (χ0v) is 14.1. The molecule has 0 aliphatic rings. The van der Waals surface area contributed by atoms with E-state index in [0.29, 0.717) is 12.8 Å². The third-order valence-electron chi connectivity index (χ3n) is 2.47. The molecule has 0 aromatic carbocycles. The van der Waals surface area contributed by atoms with E-state index >= 15 is 0 Å². The van der Waals surface area contributed by atoms with Gasteiger partial charge >= 0.3 is 70.0 Å². The van der Waals surface area contributed by atoms with E-state index < -0.39 is 28.0 Å². The van der Waals surface area contributed by atoms with Crippen molar-refractivity contribution in [2.24, 2.45) is 5.92 Å². The van der Waals surface area contributed by atoms with Gasteiger partial charge in [0.05, 0.1) is 5.92 Å². The van der Waals surface area contributed by atoms with Crippen LogP contribution in [0, 0.1) is 5.92 Å². The van der Waals surface area contributed by atoms with Crippen LogP contribution in [0.15, 0.2) is 12.2 Å². The van der Waals surface area contributed by atoms with Crippen molar-refractivity contribution in [1.29, 1.82) is 0 Å². The minimum atomic E-state index is -3.69. The van der Waals surface area contributed by atoms with Crippen LogP contribution >= 0.6 is 0 Å². The van der Waals surface area contributed by atoms with E-state index in [1.165, 1.54) is 6.08 Å². The van der Waals surface area contributed by atoms with Crippen LogP contribution < -0.4 is 0 Å². The number of carboxylic acids is 1. The van der Waals surface area contributed by atoms with Gasteiger partial charge < -0.3 is 9.84 Å². The number of carbonyl (C=O) groups is 2. The Kier molecular flexibility index (Phi) is 14.7. The number of rotatable bonds is 9. The molecule has 124 valence electrons. The van der Waals surface area contributed by atoms with Crippen LogP contribution in [0.5, 0.6) is 0 Å². The number of ether oxygens (including phenoxy) is 1. The molecule has 0 saturated heterocycles. The van der Waals surface area contributed by atoms with Crippen molar-refractivity contribution < 1.29 is 32.4 Å². The van der Waals surface area contributed by atoms with E-state index in [2.05, 4.69) is 0 Å². The van der Waals surface area contributed by atoms with Crippen LogP contribution in [0.1, 0.15) is 33.1 Å². The van der Waals surface area contributed by atoms with Crippen LogP contribution in [0.25, 0.3) is 0 Å². The molecule has 0 rings (SSSR count). The van der Waals surface area contributed by atoms with Gasteiger partial charge in [-0.3, -0.25) is 4.79 Å². The Labute approximate surface area is 141 Å².